The van der Waals surface area contributed by atoms with Crippen LogP contribution in [-0.4, -0.2) is 105 Å². The second-order valence-corrected chi connectivity index (χ2v) is 17.6. The number of pyridine rings is 1. The van der Waals surface area contributed by atoms with Gasteiger partial charge in [-0.25, -0.2) is 0 Å². The lowest BCUT2D eigenvalue weighted by Crippen LogP contribution is -2.41. The number of aromatic nitrogens is 1. The van der Waals surface area contributed by atoms with E-state index in [1.54, 1.807) is 16.7 Å². The van der Waals surface area contributed by atoms with E-state index in [9.17, 15) is 9.59 Å². The highest BCUT2D eigenvalue weighted by Gasteiger charge is 2.29. The lowest BCUT2D eigenvalue weighted by molar-refractivity contribution is 0.0937. The number of unbranched alkanes of at least 4 members (excludes halogenated alkanes) is 1. The van der Waals surface area contributed by atoms with Gasteiger partial charge >= 0.3 is 0 Å². The number of hydrogen-bond donors (Lipinski definition) is 1. The Morgan fingerprint density at radius 3 is 1.87 bits per heavy atom. The van der Waals surface area contributed by atoms with Crippen LogP contribution in [0.15, 0.2) is 89.7 Å². The molecule has 1 amide bonds. The molecule has 1 N–H and O–H groups in total. The molecule has 322 valence electrons. The number of hydrogen-bond acceptors (Lipinski definition) is 8. The Labute approximate surface area is 377 Å². The number of nitrogens with zero attached hydrogens (tertiary/aromatic N) is 5. The van der Waals surface area contributed by atoms with Crippen molar-refractivity contribution in [1.29, 1.82) is 0 Å². The molecule has 61 heavy (non-hydrogen) atoms. The van der Waals surface area contributed by atoms with Gasteiger partial charge in [0.1, 0.15) is 11.5 Å². The largest absolute Gasteiger partial charge is 0.494 e. The van der Waals surface area contributed by atoms with Gasteiger partial charge in [-0.15, -0.1) is 0 Å². The summed E-state index contributed by atoms with van der Waals surface area (Å²) in [6, 6.07) is 26.2. The number of amides is 1. The number of carbonyl (C=O) groups is 1. The highest BCUT2D eigenvalue weighted by molar-refractivity contribution is 6.44. The van der Waals surface area contributed by atoms with E-state index in [-0.39, 0.29) is 11.5 Å². The zero-order valence-electron chi connectivity index (χ0n) is 34.3. The average Bonchev–Trinajstić information content (AvgIpc) is 3.66. The number of ether oxygens (including phenoxy) is 2. The van der Waals surface area contributed by atoms with Crippen molar-refractivity contribution in [3.63, 3.8) is 0 Å². The molecule has 0 aliphatic carbocycles. The maximum absolute atomic E-state index is 13.6. The third kappa shape index (κ3) is 10.4. The maximum Gasteiger partial charge on any atom is 0.251 e. The first-order valence-electron chi connectivity index (χ1n) is 21.4. The van der Waals surface area contributed by atoms with Crippen molar-refractivity contribution in [2.24, 2.45) is 0 Å². The molecule has 2 fully saturated rings. The molecule has 14 heteroatoms. The van der Waals surface area contributed by atoms with Crippen LogP contribution in [0.2, 0.25) is 20.1 Å². The van der Waals surface area contributed by atoms with Gasteiger partial charge in [-0.1, -0.05) is 64.6 Å². The maximum atomic E-state index is 13.6. The van der Waals surface area contributed by atoms with Gasteiger partial charge in [-0.3, -0.25) is 14.2 Å². The summed E-state index contributed by atoms with van der Waals surface area (Å²) in [5.41, 5.74) is 3.92. The summed E-state index contributed by atoms with van der Waals surface area (Å²) in [5, 5.41) is 6.34. The second-order valence-electron chi connectivity index (χ2n) is 16.0. The monoisotopic (exact) mass is 904 g/mol. The Kier molecular flexibility index (Phi) is 14.5. The molecule has 3 aliphatic rings. The van der Waals surface area contributed by atoms with Crippen molar-refractivity contribution < 1.29 is 14.3 Å². The van der Waals surface area contributed by atoms with Crippen molar-refractivity contribution in [1.82, 2.24) is 19.7 Å². The summed E-state index contributed by atoms with van der Waals surface area (Å²) < 4.78 is 14.2. The van der Waals surface area contributed by atoms with Crippen molar-refractivity contribution in [3.05, 3.63) is 127 Å². The summed E-state index contributed by atoms with van der Waals surface area (Å²) in [5.74, 6) is 1.17. The standard InChI is InChI=1S/C47H52Cl4N6O4/c48-38-8-3-10-40(45(38)50)55-22-5-19-53(24-26-55)18-1-2-28-60-35-14-12-33-13-17-44(58)57(42(33)31-35)43-32-52-47(59)37-30-34(15-16-36(37)43)61-29-7-21-54-20-6-23-56(27-25-54)41-11-4-9-39(49)46(41)51/h3-4,8-17,30-31,43H,1-2,5-7,18-29,32H2,(H,52,59). The van der Waals surface area contributed by atoms with Crippen LogP contribution in [0.1, 0.15) is 54.1 Å². The minimum atomic E-state index is -0.392. The molecular formula is C47H52Cl4N6O4. The van der Waals surface area contributed by atoms with E-state index in [4.69, 9.17) is 55.9 Å². The van der Waals surface area contributed by atoms with Crippen molar-refractivity contribution in [3.8, 4) is 11.5 Å². The van der Waals surface area contributed by atoms with Crippen LogP contribution in [0.3, 0.4) is 0 Å². The highest BCUT2D eigenvalue weighted by Crippen LogP contribution is 2.35. The van der Waals surface area contributed by atoms with E-state index < -0.39 is 6.04 Å². The molecule has 10 nitrogen and oxygen atoms in total. The van der Waals surface area contributed by atoms with Crippen LogP contribution in [-0.2, 0) is 0 Å². The molecule has 3 aliphatic heterocycles. The lowest BCUT2D eigenvalue weighted by Gasteiger charge is -2.29. The number of halogens is 4. The van der Waals surface area contributed by atoms with E-state index in [1.807, 2.05) is 72.8 Å². The summed E-state index contributed by atoms with van der Waals surface area (Å²) in [7, 11) is 0. The predicted molar refractivity (Wildman–Crippen MR) is 249 cm³/mol. The van der Waals surface area contributed by atoms with Gasteiger partial charge in [-0.2, -0.15) is 0 Å². The Morgan fingerprint density at radius 1 is 0.607 bits per heavy atom. The fourth-order valence-corrected chi connectivity index (χ4v) is 9.66. The van der Waals surface area contributed by atoms with Crippen molar-refractivity contribution >= 4 is 74.6 Å². The average molecular weight is 907 g/mol. The minimum absolute atomic E-state index is 0.141. The molecule has 1 unspecified atom stereocenters. The van der Waals surface area contributed by atoms with Gasteiger partial charge in [-0.05, 0) is 117 Å². The fourth-order valence-electron chi connectivity index (χ4n) is 8.83. The predicted octanol–water partition coefficient (Wildman–Crippen LogP) is 9.30. The molecule has 1 aromatic heterocycles. The summed E-state index contributed by atoms with van der Waals surface area (Å²) in [4.78, 5) is 36.4. The summed E-state index contributed by atoms with van der Waals surface area (Å²) >= 11 is 25.6. The molecular weight excluding hydrogens is 854 g/mol. The Morgan fingerprint density at radius 2 is 1.20 bits per heavy atom. The van der Waals surface area contributed by atoms with Gasteiger partial charge in [0.15, 0.2) is 0 Å². The number of anilines is 2. The molecule has 0 radical (unpaired) electrons. The van der Waals surface area contributed by atoms with E-state index in [1.165, 1.54) is 0 Å². The number of nitrogens with one attached hydrogen (secondary N) is 1. The van der Waals surface area contributed by atoms with Crippen LogP contribution in [0, 0.1) is 0 Å². The zero-order valence-corrected chi connectivity index (χ0v) is 37.3. The van der Waals surface area contributed by atoms with Crippen LogP contribution < -0.4 is 30.1 Å². The third-order valence-corrected chi connectivity index (χ3v) is 13.7. The quantitative estimate of drug-likeness (QED) is 0.111. The Balaban J connectivity index is 0.842. The number of benzene rings is 4. The van der Waals surface area contributed by atoms with Crippen LogP contribution >= 0.6 is 46.4 Å². The van der Waals surface area contributed by atoms with Crippen molar-refractivity contribution in [2.75, 3.05) is 95.0 Å². The lowest BCUT2D eigenvalue weighted by atomic mass is 9.95. The van der Waals surface area contributed by atoms with E-state index in [2.05, 4.69) is 24.9 Å². The van der Waals surface area contributed by atoms with Crippen LogP contribution in [0.25, 0.3) is 10.9 Å². The molecule has 0 spiro atoms. The SMILES string of the molecule is O=C1NCC(n2c(=O)ccc3ccc(OCCCCN4CCCN(c5cccc(Cl)c5Cl)CC4)cc32)c2ccc(OCCCN3CCCN(c4cccc(Cl)c4Cl)CC3)cc21. The molecule has 5 aromatic rings. The topological polar surface area (TPSA) is 82.5 Å². The molecule has 0 bridgehead atoms. The highest BCUT2D eigenvalue weighted by atomic mass is 35.5. The molecule has 1 atom stereocenters. The first-order valence-corrected chi connectivity index (χ1v) is 22.9. The van der Waals surface area contributed by atoms with Gasteiger partial charge in [0.25, 0.3) is 11.5 Å². The van der Waals surface area contributed by atoms with E-state index in [0.717, 1.165) is 125 Å². The summed E-state index contributed by atoms with van der Waals surface area (Å²) in [6.07, 6.45) is 4.86. The minimum Gasteiger partial charge on any atom is -0.494 e. The molecule has 8 rings (SSSR count). The first-order chi connectivity index (χ1) is 29.7. The van der Waals surface area contributed by atoms with Gasteiger partial charge in [0.2, 0.25) is 0 Å². The fraction of sp³-hybridized carbons (Fsp3) is 0.404. The molecule has 0 saturated carbocycles. The third-order valence-electron chi connectivity index (χ3n) is 12.0. The normalized spacial score (nSPS) is 17.8. The summed E-state index contributed by atoms with van der Waals surface area (Å²) in [6.45, 7) is 10.9. The Bertz CT molecular complexity index is 2400. The Hall–Kier alpha value is -4.16. The molecule has 4 heterocycles. The van der Waals surface area contributed by atoms with Gasteiger partial charge < -0.3 is 34.4 Å². The van der Waals surface area contributed by atoms with E-state index >= 15 is 0 Å². The molecule has 4 aromatic carbocycles. The van der Waals surface area contributed by atoms with Gasteiger partial charge in [0, 0.05) is 70.1 Å². The zero-order chi connectivity index (χ0) is 42.3. The first kappa shape index (κ1) is 43.5. The van der Waals surface area contributed by atoms with E-state index in [0.29, 0.717) is 56.9 Å². The number of carbonyl (C=O) groups excluding carboxylic acids is 1. The second kappa shape index (κ2) is 20.4. The smallest absolute Gasteiger partial charge is 0.251 e. The van der Waals surface area contributed by atoms with Gasteiger partial charge in [0.05, 0.1) is 56.2 Å². The van der Waals surface area contributed by atoms with Crippen LogP contribution in [0.4, 0.5) is 11.4 Å². The number of fused-ring (bicyclic) bond motifs is 2. The molecule has 2 saturated heterocycles. The van der Waals surface area contributed by atoms with Crippen molar-refractivity contribution in [2.45, 2.75) is 38.1 Å². The van der Waals surface area contributed by atoms with Crippen LogP contribution in [0.5, 0.6) is 11.5 Å². The number of rotatable bonds is 14.